The van der Waals surface area contributed by atoms with Crippen LogP contribution < -0.4 is 5.32 Å². The van der Waals surface area contributed by atoms with Crippen LogP contribution in [0.25, 0.3) is 11.0 Å². The summed E-state index contributed by atoms with van der Waals surface area (Å²) in [7, 11) is 1.91. The molecule has 6 heteroatoms. The lowest BCUT2D eigenvalue weighted by molar-refractivity contribution is -0.139. The van der Waals surface area contributed by atoms with E-state index in [0.717, 1.165) is 16.6 Å². The Bertz CT molecular complexity index is 609. The minimum atomic E-state index is -0.903. The standard InChI is InChI=1S/C14H19N3O3/c1-3-10(14(19)20)15-7-13(18)9-4-5-12-11(6-9)16-8-17(12)2/h4-6,8,10,13,15,18H,3,7H2,1-2H3,(H,19,20). The average molecular weight is 277 g/mol. The van der Waals surface area contributed by atoms with Gasteiger partial charge in [0, 0.05) is 13.6 Å². The number of nitrogens with zero attached hydrogens (tertiary/aromatic N) is 2. The number of carbonyl (C=O) groups is 1. The molecule has 0 amide bonds. The van der Waals surface area contributed by atoms with E-state index in [9.17, 15) is 9.90 Å². The van der Waals surface area contributed by atoms with E-state index in [-0.39, 0.29) is 6.54 Å². The third-order valence-electron chi connectivity index (χ3n) is 3.40. The zero-order valence-electron chi connectivity index (χ0n) is 11.6. The zero-order chi connectivity index (χ0) is 14.7. The minimum absolute atomic E-state index is 0.198. The summed E-state index contributed by atoms with van der Waals surface area (Å²) >= 11 is 0. The van der Waals surface area contributed by atoms with Gasteiger partial charge < -0.3 is 20.1 Å². The van der Waals surface area contributed by atoms with Crippen LogP contribution in [0.2, 0.25) is 0 Å². The molecule has 2 aromatic rings. The quantitative estimate of drug-likeness (QED) is 0.735. The molecule has 0 bridgehead atoms. The molecule has 0 fully saturated rings. The monoisotopic (exact) mass is 277 g/mol. The zero-order valence-corrected chi connectivity index (χ0v) is 11.6. The van der Waals surface area contributed by atoms with Gasteiger partial charge in [0.1, 0.15) is 6.04 Å². The molecule has 0 saturated heterocycles. The predicted octanol–water partition coefficient (Wildman–Crippen LogP) is 1.06. The van der Waals surface area contributed by atoms with Crippen molar-refractivity contribution in [1.82, 2.24) is 14.9 Å². The summed E-state index contributed by atoms with van der Waals surface area (Å²) in [5.74, 6) is -0.903. The highest BCUT2D eigenvalue weighted by Crippen LogP contribution is 2.19. The van der Waals surface area contributed by atoms with Crippen molar-refractivity contribution in [2.45, 2.75) is 25.5 Å². The van der Waals surface area contributed by atoms with Crippen LogP contribution in [0.1, 0.15) is 25.0 Å². The van der Waals surface area contributed by atoms with Crippen molar-refractivity contribution in [3.05, 3.63) is 30.1 Å². The highest BCUT2D eigenvalue weighted by Gasteiger charge is 2.17. The molecule has 0 radical (unpaired) electrons. The van der Waals surface area contributed by atoms with Crippen molar-refractivity contribution in [1.29, 1.82) is 0 Å². The summed E-state index contributed by atoms with van der Waals surface area (Å²) in [4.78, 5) is 15.1. The molecule has 0 aliphatic rings. The van der Waals surface area contributed by atoms with Gasteiger partial charge in [-0.25, -0.2) is 4.98 Å². The van der Waals surface area contributed by atoms with Gasteiger partial charge in [-0.1, -0.05) is 13.0 Å². The van der Waals surface area contributed by atoms with Gasteiger partial charge in [0.25, 0.3) is 0 Å². The molecule has 108 valence electrons. The molecule has 2 unspecified atom stereocenters. The van der Waals surface area contributed by atoms with Crippen LogP contribution >= 0.6 is 0 Å². The molecule has 3 N–H and O–H groups in total. The molecule has 2 atom stereocenters. The van der Waals surface area contributed by atoms with E-state index in [1.165, 1.54) is 0 Å². The lowest BCUT2D eigenvalue weighted by Gasteiger charge is -2.16. The molecule has 0 aliphatic carbocycles. The summed E-state index contributed by atoms with van der Waals surface area (Å²) in [6.45, 7) is 1.99. The van der Waals surface area contributed by atoms with Crippen LogP contribution in [-0.2, 0) is 11.8 Å². The normalized spacial score (nSPS) is 14.3. The molecule has 6 nitrogen and oxygen atoms in total. The van der Waals surface area contributed by atoms with Crippen LogP contribution in [0.15, 0.2) is 24.5 Å². The summed E-state index contributed by atoms with van der Waals surface area (Å²) in [5.41, 5.74) is 2.53. The first-order chi connectivity index (χ1) is 9.52. The fraction of sp³-hybridized carbons (Fsp3) is 0.429. The molecule has 0 saturated carbocycles. The largest absolute Gasteiger partial charge is 0.480 e. The number of benzene rings is 1. The van der Waals surface area contributed by atoms with Crippen LogP contribution in [0.4, 0.5) is 0 Å². The summed E-state index contributed by atoms with van der Waals surface area (Å²) in [6.07, 6.45) is 1.44. The number of fused-ring (bicyclic) bond motifs is 1. The minimum Gasteiger partial charge on any atom is -0.480 e. The van der Waals surface area contributed by atoms with Crippen LogP contribution in [0, 0.1) is 0 Å². The van der Waals surface area contributed by atoms with Crippen molar-refractivity contribution in [2.75, 3.05) is 6.54 Å². The average Bonchev–Trinajstić information content (AvgIpc) is 2.80. The second kappa shape index (κ2) is 6.02. The van der Waals surface area contributed by atoms with Crippen molar-refractivity contribution < 1.29 is 15.0 Å². The second-order valence-corrected chi connectivity index (χ2v) is 4.83. The number of aromatic nitrogens is 2. The van der Waals surface area contributed by atoms with Crippen LogP contribution in [0.5, 0.6) is 0 Å². The number of aryl methyl sites for hydroxylation is 1. The molecular weight excluding hydrogens is 258 g/mol. The number of aliphatic hydroxyl groups excluding tert-OH is 1. The number of carboxylic acids is 1. The molecular formula is C14H19N3O3. The third kappa shape index (κ3) is 2.97. The van der Waals surface area contributed by atoms with Gasteiger partial charge >= 0.3 is 5.97 Å². The number of rotatable bonds is 6. The summed E-state index contributed by atoms with van der Waals surface area (Å²) in [5, 5.41) is 21.9. The fourth-order valence-corrected chi connectivity index (χ4v) is 2.14. The summed E-state index contributed by atoms with van der Waals surface area (Å²) in [6, 6.07) is 4.92. The highest BCUT2D eigenvalue weighted by molar-refractivity contribution is 5.76. The van der Waals surface area contributed by atoms with E-state index < -0.39 is 18.1 Å². The second-order valence-electron chi connectivity index (χ2n) is 4.83. The Balaban J connectivity index is 2.07. The maximum Gasteiger partial charge on any atom is 0.320 e. The van der Waals surface area contributed by atoms with Gasteiger partial charge in [-0.3, -0.25) is 4.79 Å². The first-order valence-electron chi connectivity index (χ1n) is 6.58. The molecule has 20 heavy (non-hydrogen) atoms. The number of hydrogen-bond donors (Lipinski definition) is 3. The lowest BCUT2D eigenvalue weighted by Crippen LogP contribution is -2.38. The Morgan fingerprint density at radius 2 is 2.25 bits per heavy atom. The number of imidazole rings is 1. The number of nitrogens with one attached hydrogen (secondary N) is 1. The molecule has 1 aromatic carbocycles. The number of hydrogen-bond acceptors (Lipinski definition) is 4. The summed E-state index contributed by atoms with van der Waals surface area (Å²) < 4.78 is 1.90. The Labute approximate surface area is 117 Å². The lowest BCUT2D eigenvalue weighted by atomic mass is 10.1. The Hall–Kier alpha value is -1.92. The van der Waals surface area contributed by atoms with E-state index in [4.69, 9.17) is 5.11 Å². The van der Waals surface area contributed by atoms with E-state index in [0.29, 0.717) is 6.42 Å². The Morgan fingerprint density at radius 3 is 2.90 bits per heavy atom. The highest BCUT2D eigenvalue weighted by atomic mass is 16.4. The van der Waals surface area contributed by atoms with Crippen molar-refractivity contribution in [3.63, 3.8) is 0 Å². The van der Waals surface area contributed by atoms with E-state index in [2.05, 4.69) is 10.3 Å². The molecule has 0 spiro atoms. The van der Waals surface area contributed by atoms with Gasteiger partial charge in [-0.15, -0.1) is 0 Å². The van der Waals surface area contributed by atoms with Gasteiger partial charge in [0.05, 0.1) is 23.5 Å². The van der Waals surface area contributed by atoms with Crippen molar-refractivity contribution >= 4 is 17.0 Å². The molecule has 1 aromatic heterocycles. The van der Waals surface area contributed by atoms with E-state index in [1.54, 1.807) is 13.3 Å². The van der Waals surface area contributed by atoms with Gasteiger partial charge in [0.15, 0.2) is 0 Å². The van der Waals surface area contributed by atoms with Crippen LogP contribution in [-0.4, -0.2) is 38.3 Å². The molecule has 2 rings (SSSR count). The van der Waals surface area contributed by atoms with Crippen LogP contribution in [0.3, 0.4) is 0 Å². The number of carboxylic acid groups (broad SMARTS) is 1. The number of aliphatic carboxylic acids is 1. The van der Waals surface area contributed by atoms with Crippen molar-refractivity contribution in [3.8, 4) is 0 Å². The maximum absolute atomic E-state index is 10.9. The predicted molar refractivity (Wildman–Crippen MR) is 75.4 cm³/mol. The third-order valence-corrected chi connectivity index (χ3v) is 3.40. The van der Waals surface area contributed by atoms with Crippen molar-refractivity contribution in [2.24, 2.45) is 7.05 Å². The molecule has 1 heterocycles. The number of aliphatic hydroxyl groups is 1. The smallest absolute Gasteiger partial charge is 0.320 e. The first kappa shape index (κ1) is 14.5. The van der Waals surface area contributed by atoms with E-state index in [1.807, 2.05) is 29.8 Å². The fourth-order valence-electron chi connectivity index (χ4n) is 2.14. The SMILES string of the molecule is CCC(NCC(O)c1ccc2c(c1)ncn2C)C(=O)O. The van der Waals surface area contributed by atoms with Gasteiger partial charge in [-0.05, 0) is 24.1 Å². The Morgan fingerprint density at radius 1 is 1.50 bits per heavy atom. The van der Waals surface area contributed by atoms with Gasteiger partial charge in [-0.2, -0.15) is 0 Å². The molecule has 0 aliphatic heterocycles. The first-order valence-corrected chi connectivity index (χ1v) is 6.58. The van der Waals surface area contributed by atoms with Gasteiger partial charge in [0.2, 0.25) is 0 Å². The maximum atomic E-state index is 10.9. The topological polar surface area (TPSA) is 87.4 Å². The van der Waals surface area contributed by atoms with E-state index >= 15 is 0 Å². The Kier molecular flexibility index (Phi) is 4.36.